The number of amides is 1. The van der Waals surface area contributed by atoms with Crippen LogP contribution in [0.1, 0.15) is 17.3 Å². The topological polar surface area (TPSA) is 68.3 Å². The summed E-state index contributed by atoms with van der Waals surface area (Å²) in [5.74, 6) is -0.791. The molecule has 0 aliphatic rings. The zero-order valence-corrected chi connectivity index (χ0v) is 11.9. The highest BCUT2D eigenvalue weighted by molar-refractivity contribution is 5.97. The average molecular weight is 284 g/mol. The highest BCUT2D eigenvalue weighted by Crippen LogP contribution is 2.18. The molecule has 1 atom stereocenters. The molecule has 0 radical (unpaired) electrons. The Hall–Kier alpha value is -2.69. The van der Waals surface area contributed by atoms with Crippen molar-refractivity contribution in [2.24, 2.45) is 0 Å². The summed E-state index contributed by atoms with van der Waals surface area (Å²) < 4.78 is 4.57. The van der Waals surface area contributed by atoms with Gasteiger partial charge in [-0.15, -0.1) is 0 Å². The Labute approximate surface area is 123 Å². The third-order valence-electron chi connectivity index (χ3n) is 3.04. The van der Waals surface area contributed by atoms with Gasteiger partial charge in [-0.25, -0.2) is 4.79 Å². The third kappa shape index (κ3) is 3.66. The minimum Gasteiger partial charge on any atom is -0.467 e. The molecule has 1 aromatic carbocycles. The molecule has 0 aliphatic heterocycles. The van der Waals surface area contributed by atoms with Crippen molar-refractivity contribution in [1.82, 2.24) is 10.3 Å². The number of esters is 1. The first-order valence-electron chi connectivity index (χ1n) is 6.51. The van der Waals surface area contributed by atoms with Crippen molar-refractivity contribution >= 4 is 11.9 Å². The fourth-order valence-corrected chi connectivity index (χ4v) is 1.86. The first kappa shape index (κ1) is 14.7. The number of methoxy groups -OCH3 is 1. The minimum absolute atomic E-state index is 0.314. The van der Waals surface area contributed by atoms with Crippen molar-refractivity contribution in [3.63, 3.8) is 0 Å². The lowest BCUT2D eigenvalue weighted by Crippen LogP contribution is -2.39. The number of nitrogens with zero attached hydrogens (tertiary/aromatic N) is 1. The number of carbonyl (C=O) groups excluding carboxylic acids is 2. The van der Waals surface area contributed by atoms with Gasteiger partial charge in [0.1, 0.15) is 6.04 Å². The van der Waals surface area contributed by atoms with Crippen molar-refractivity contribution in [1.29, 1.82) is 0 Å². The molecule has 1 unspecified atom stereocenters. The van der Waals surface area contributed by atoms with E-state index in [1.807, 2.05) is 24.3 Å². The van der Waals surface area contributed by atoms with Crippen LogP contribution in [-0.4, -0.2) is 30.0 Å². The van der Waals surface area contributed by atoms with Crippen molar-refractivity contribution in [2.75, 3.05) is 7.11 Å². The van der Waals surface area contributed by atoms with Gasteiger partial charge < -0.3 is 10.1 Å². The van der Waals surface area contributed by atoms with Gasteiger partial charge in [-0.2, -0.15) is 0 Å². The summed E-state index contributed by atoms with van der Waals surface area (Å²) >= 11 is 0. The van der Waals surface area contributed by atoms with E-state index >= 15 is 0 Å². The molecule has 5 nitrogen and oxygen atoms in total. The number of hydrogen-bond acceptors (Lipinski definition) is 4. The number of nitrogens with one attached hydrogen (secondary N) is 1. The number of pyridine rings is 1. The molecular weight excluding hydrogens is 268 g/mol. The molecule has 0 fully saturated rings. The van der Waals surface area contributed by atoms with Crippen LogP contribution >= 0.6 is 0 Å². The highest BCUT2D eigenvalue weighted by Gasteiger charge is 2.16. The minimum atomic E-state index is -0.680. The van der Waals surface area contributed by atoms with Gasteiger partial charge >= 0.3 is 5.97 Å². The summed E-state index contributed by atoms with van der Waals surface area (Å²) in [6, 6.07) is 10.2. The van der Waals surface area contributed by atoms with Crippen molar-refractivity contribution < 1.29 is 14.3 Å². The van der Waals surface area contributed by atoms with Gasteiger partial charge in [0.2, 0.25) is 0 Å². The number of benzene rings is 1. The number of hydrogen-bond donors (Lipinski definition) is 1. The lowest BCUT2D eigenvalue weighted by Gasteiger charge is -2.11. The number of rotatable bonds is 4. The van der Waals surface area contributed by atoms with E-state index < -0.39 is 12.0 Å². The fourth-order valence-electron chi connectivity index (χ4n) is 1.86. The largest absolute Gasteiger partial charge is 0.467 e. The first-order valence-corrected chi connectivity index (χ1v) is 6.51. The van der Waals surface area contributed by atoms with E-state index in [9.17, 15) is 9.59 Å². The zero-order valence-electron chi connectivity index (χ0n) is 11.9. The summed E-state index contributed by atoms with van der Waals surface area (Å²) in [5, 5.41) is 2.58. The smallest absolute Gasteiger partial charge is 0.328 e. The molecule has 2 aromatic rings. The lowest BCUT2D eigenvalue weighted by molar-refractivity contribution is -0.142. The van der Waals surface area contributed by atoms with Crippen LogP contribution in [0.2, 0.25) is 0 Å². The van der Waals surface area contributed by atoms with Gasteiger partial charge in [-0.1, -0.05) is 18.2 Å². The van der Waals surface area contributed by atoms with Gasteiger partial charge in [0.05, 0.1) is 7.11 Å². The molecule has 108 valence electrons. The van der Waals surface area contributed by atoms with Gasteiger partial charge in [-0.05, 0) is 36.2 Å². The van der Waals surface area contributed by atoms with E-state index in [1.54, 1.807) is 31.5 Å². The molecule has 0 saturated carbocycles. The lowest BCUT2D eigenvalue weighted by atomic mass is 10.1. The van der Waals surface area contributed by atoms with E-state index in [1.165, 1.54) is 7.11 Å². The van der Waals surface area contributed by atoms with E-state index in [2.05, 4.69) is 15.0 Å². The van der Waals surface area contributed by atoms with Crippen LogP contribution in [0, 0.1) is 0 Å². The van der Waals surface area contributed by atoms with Gasteiger partial charge in [-0.3, -0.25) is 9.78 Å². The van der Waals surface area contributed by atoms with Crippen molar-refractivity contribution in [3.05, 3.63) is 54.4 Å². The van der Waals surface area contributed by atoms with Crippen LogP contribution in [0.3, 0.4) is 0 Å². The van der Waals surface area contributed by atoms with E-state index in [0.717, 1.165) is 11.1 Å². The molecule has 0 aliphatic carbocycles. The van der Waals surface area contributed by atoms with Crippen molar-refractivity contribution in [3.8, 4) is 11.1 Å². The van der Waals surface area contributed by atoms with Crippen LogP contribution in [0.4, 0.5) is 0 Å². The second-order valence-corrected chi connectivity index (χ2v) is 4.54. The maximum absolute atomic E-state index is 12.0. The van der Waals surface area contributed by atoms with Crippen LogP contribution in [0.5, 0.6) is 0 Å². The Kier molecular flexibility index (Phi) is 4.66. The molecule has 0 saturated heterocycles. The molecule has 0 bridgehead atoms. The number of ether oxygens (including phenoxy) is 1. The normalized spacial score (nSPS) is 11.5. The first-order chi connectivity index (χ1) is 10.1. The van der Waals surface area contributed by atoms with Crippen LogP contribution in [0.15, 0.2) is 48.8 Å². The standard InChI is InChI=1S/C16H16N2O3/c1-11(16(20)21-2)18-15(19)13-7-5-12(6-8-13)14-4-3-9-17-10-14/h3-11H,1-2H3,(H,18,19). The Balaban J connectivity index is 2.09. The Morgan fingerprint density at radius 2 is 1.86 bits per heavy atom. The molecule has 5 heteroatoms. The van der Waals surface area contributed by atoms with Crippen LogP contribution in [-0.2, 0) is 9.53 Å². The molecule has 1 aromatic heterocycles. The quantitative estimate of drug-likeness (QED) is 0.872. The maximum atomic E-state index is 12.0. The molecule has 2 rings (SSSR count). The predicted octanol–water partition coefficient (Wildman–Crippen LogP) is 2.04. The summed E-state index contributed by atoms with van der Waals surface area (Å²) in [5.41, 5.74) is 2.44. The zero-order chi connectivity index (χ0) is 15.2. The summed E-state index contributed by atoms with van der Waals surface area (Å²) in [6.07, 6.45) is 3.47. The summed E-state index contributed by atoms with van der Waals surface area (Å²) in [4.78, 5) is 27.3. The van der Waals surface area contributed by atoms with Crippen LogP contribution < -0.4 is 5.32 Å². The van der Waals surface area contributed by atoms with E-state index in [4.69, 9.17) is 0 Å². The Morgan fingerprint density at radius 1 is 1.14 bits per heavy atom. The fraction of sp³-hybridized carbons (Fsp3) is 0.188. The summed E-state index contributed by atoms with van der Waals surface area (Å²) in [7, 11) is 1.29. The molecule has 1 heterocycles. The second-order valence-electron chi connectivity index (χ2n) is 4.54. The molecular formula is C16H16N2O3. The molecule has 0 spiro atoms. The monoisotopic (exact) mass is 284 g/mol. The number of aromatic nitrogens is 1. The van der Waals surface area contributed by atoms with Gasteiger partial charge in [0, 0.05) is 18.0 Å². The van der Waals surface area contributed by atoms with Gasteiger partial charge in [0.15, 0.2) is 0 Å². The maximum Gasteiger partial charge on any atom is 0.328 e. The molecule has 21 heavy (non-hydrogen) atoms. The highest BCUT2D eigenvalue weighted by atomic mass is 16.5. The Morgan fingerprint density at radius 3 is 2.43 bits per heavy atom. The van der Waals surface area contributed by atoms with E-state index in [0.29, 0.717) is 5.56 Å². The van der Waals surface area contributed by atoms with Crippen LogP contribution in [0.25, 0.3) is 11.1 Å². The number of carbonyl (C=O) groups is 2. The third-order valence-corrected chi connectivity index (χ3v) is 3.04. The van der Waals surface area contributed by atoms with Crippen molar-refractivity contribution in [2.45, 2.75) is 13.0 Å². The van der Waals surface area contributed by atoms with Gasteiger partial charge in [0.25, 0.3) is 5.91 Å². The average Bonchev–Trinajstić information content (AvgIpc) is 2.55. The van der Waals surface area contributed by atoms with E-state index in [-0.39, 0.29) is 5.91 Å². The molecule has 1 amide bonds. The molecule has 1 N–H and O–H groups in total. The SMILES string of the molecule is COC(=O)C(C)NC(=O)c1ccc(-c2cccnc2)cc1. The second kappa shape index (κ2) is 6.65. The predicted molar refractivity (Wildman–Crippen MR) is 78.6 cm³/mol. The Bertz CT molecular complexity index is 624. The summed E-state index contributed by atoms with van der Waals surface area (Å²) in [6.45, 7) is 1.58.